The highest BCUT2D eigenvalue weighted by Crippen LogP contribution is 2.34. The van der Waals surface area contributed by atoms with Gasteiger partial charge in [-0.05, 0) is 18.4 Å². The Morgan fingerprint density at radius 2 is 1.83 bits per heavy atom. The van der Waals surface area contributed by atoms with Gasteiger partial charge in [0, 0.05) is 25.7 Å². The largest absolute Gasteiger partial charge is 0.495 e. The number of ether oxygens (including phenoxy) is 1. The van der Waals surface area contributed by atoms with Crippen LogP contribution in [0.5, 0.6) is 5.75 Å². The number of nitrogens with zero attached hydrogens (tertiary/aromatic N) is 1. The van der Waals surface area contributed by atoms with Gasteiger partial charge in [-0.15, -0.1) is 12.4 Å². The summed E-state index contributed by atoms with van der Waals surface area (Å²) < 4.78 is 31.4. The van der Waals surface area contributed by atoms with Crippen LogP contribution >= 0.6 is 35.6 Å². The topological polar surface area (TPSA) is 72.6 Å². The van der Waals surface area contributed by atoms with E-state index in [1.807, 2.05) is 13.8 Å². The van der Waals surface area contributed by atoms with Gasteiger partial charge < -0.3 is 10.5 Å². The molecule has 5 nitrogen and oxygen atoms in total. The van der Waals surface area contributed by atoms with Gasteiger partial charge in [0.1, 0.15) is 10.6 Å². The molecule has 0 spiro atoms. The maximum absolute atomic E-state index is 12.6. The van der Waals surface area contributed by atoms with Crippen molar-refractivity contribution in [3.8, 4) is 5.75 Å². The number of hydrogen-bond donors (Lipinski definition) is 1. The van der Waals surface area contributed by atoms with Gasteiger partial charge in [0.2, 0.25) is 10.0 Å². The molecule has 1 unspecified atom stereocenters. The smallest absolute Gasteiger partial charge is 0.244 e. The summed E-state index contributed by atoms with van der Waals surface area (Å²) in [5, 5.41) is 0.263. The number of halogens is 3. The van der Waals surface area contributed by atoms with E-state index in [1.165, 1.54) is 30.6 Å². The third-order valence-corrected chi connectivity index (χ3v) is 6.15. The van der Waals surface area contributed by atoms with Crippen molar-refractivity contribution in [3.05, 3.63) is 22.2 Å². The van der Waals surface area contributed by atoms with Crippen molar-refractivity contribution in [1.29, 1.82) is 0 Å². The predicted molar refractivity (Wildman–Crippen MR) is 97.5 cm³/mol. The molecule has 1 aromatic carbocycles. The molecule has 1 atom stereocenters. The van der Waals surface area contributed by atoms with Crippen LogP contribution in [0.2, 0.25) is 10.0 Å². The van der Waals surface area contributed by atoms with Crippen LogP contribution in [-0.4, -0.2) is 39.5 Å². The zero-order valence-corrected chi connectivity index (χ0v) is 16.7. The molecule has 1 rings (SSSR count). The quantitative estimate of drug-likeness (QED) is 0.754. The third kappa shape index (κ3) is 5.66. The van der Waals surface area contributed by atoms with Crippen molar-refractivity contribution in [3.63, 3.8) is 0 Å². The van der Waals surface area contributed by atoms with Crippen molar-refractivity contribution in [2.24, 2.45) is 11.7 Å². The first-order chi connectivity index (χ1) is 10.1. The summed E-state index contributed by atoms with van der Waals surface area (Å²) >= 11 is 12.0. The highest BCUT2D eigenvalue weighted by atomic mass is 35.5. The lowest BCUT2D eigenvalue weighted by Crippen LogP contribution is -2.34. The Labute approximate surface area is 154 Å². The van der Waals surface area contributed by atoms with Crippen LogP contribution in [0.4, 0.5) is 0 Å². The maximum Gasteiger partial charge on any atom is 0.244 e. The number of methoxy groups -OCH3 is 1. The fourth-order valence-electron chi connectivity index (χ4n) is 1.82. The molecule has 0 radical (unpaired) electrons. The van der Waals surface area contributed by atoms with Crippen LogP contribution in [0.3, 0.4) is 0 Å². The number of hydrogen-bond acceptors (Lipinski definition) is 4. The molecular weight excluding hydrogens is 383 g/mol. The summed E-state index contributed by atoms with van der Waals surface area (Å²) in [6.45, 7) is 4.31. The average molecular weight is 406 g/mol. The molecule has 0 aliphatic carbocycles. The van der Waals surface area contributed by atoms with Gasteiger partial charge in [0.25, 0.3) is 0 Å². The molecule has 134 valence electrons. The Morgan fingerprint density at radius 3 is 2.30 bits per heavy atom. The summed E-state index contributed by atoms with van der Waals surface area (Å²) in [6, 6.07) is 2.63. The van der Waals surface area contributed by atoms with Crippen LogP contribution < -0.4 is 10.5 Å². The molecule has 0 saturated heterocycles. The highest BCUT2D eigenvalue weighted by Gasteiger charge is 2.25. The van der Waals surface area contributed by atoms with Crippen LogP contribution in [0.1, 0.15) is 20.3 Å². The molecule has 23 heavy (non-hydrogen) atoms. The fraction of sp³-hybridized carbons (Fsp3) is 0.571. The summed E-state index contributed by atoms with van der Waals surface area (Å²) in [7, 11) is -0.800. The molecule has 0 heterocycles. The molecule has 2 N–H and O–H groups in total. The summed E-state index contributed by atoms with van der Waals surface area (Å²) in [5.41, 5.74) is 5.95. The Hall–Kier alpha value is -0.240. The summed E-state index contributed by atoms with van der Waals surface area (Å²) in [5.74, 6) is 0.616. The molecule has 1 aromatic rings. The van der Waals surface area contributed by atoms with E-state index < -0.39 is 10.0 Å². The first-order valence-electron chi connectivity index (χ1n) is 6.86. The van der Waals surface area contributed by atoms with Crippen LogP contribution in [-0.2, 0) is 10.0 Å². The van der Waals surface area contributed by atoms with Crippen molar-refractivity contribution in [2.45, 2.75) is 31.2 Å². The second-order valence-corrected chi connectivity index (χ2v) is 8.27. The highest BCUT2D eigenvalue weighted by molar-refractivity contribution is 7.89. The second-order valence-electron chi connectivity index (χ2n) is 5.44. The van der Waals surface area contributed by atoms with Gasteiger partial charge in [-0.1, -0.05) is 37.0 Å². The van der Waals surface area contributed by atoms with Crippen molar-refractivity contribution < 1.29 is 13.2 Å². The molecule has 0 saturated carbocycles. The van der Waals surface area contributed by atoms with Crippen molar-refractivity contribution in [1.82, 2.24) is 4.31 Å². The van der Waals surface area contributed by atoms with E-state index in [2.05, 4.69) is 0 Å². The van der Waals surface area contributed by atoms with Crippen molar-refractivity contribution in [2.75, 3.05) is 20.7 Å². The molecule has 0 bridgehead atoms. The number of nitrogens with two attached hydrogens (primary N) is 1. The lowest BCUT2D eigenvalue weighted by atomic mass is 10.0. The monoisotopic (exact) mass is 404 g/mol. The van der Waals surface area contributed by atoms with Crippen LogP contribution in [0, 0.1) is 5.92 Å². The molecule has 0 aliphatic rings. The zero-order valence-electron chi connectivity index (χ0n) is 13.5. The summed E-state index contributed by atoms with van der Waals surface area (Å²) in [6.07, 6.45) is 0.564. The first-order valence-corrected chi connectivity index (χ1v) is 9.05. The van der Waals surface area contributed by atoms with Gasteiger partial charge >= 0.3 is 0 Å². The lowest BCUT2D eigenvalue weighted by molar-refractivity contribution is 0.397. The number of rotatable bonds is 7. The standard InChI is InChI=1S/C14H22Cl2N2O3S.ClH/c1-9(2)12(17)5-6-18(3)22(19,20)14-8-10(15)13(21-4)7-11(14)16;/h7-9,12H,5-6,17H2,1-4H3;1H. The minimum Gasteiger partial charge on any atom is -0.495 e. The van der Waals surface area contributed by atoms with E-state index in [4.69, 9.17) is 33.7 Å². The van der Waals surface area contributed by atoms with E-state index >= 15 is 0 Å². The summed E-state index contributed by atoms with van der Waals surface area (Å²) in [4.78, 5) is -0.0411. The minimum absolute atomic E-state index is 0. The molecule has 0 aliphatic heterocycles. The fourth-order valence-corrected chi connectivity index (χ4v) is 3.82. The van der Waals surface area contributed by atoms with E-state index in [9.17, 15) is 8.42 Å². The Morgan fingerprint density at radius 1 is 1.26 bits per heavy atom. The van der Waals surface area contributed by atoms with E-state index in [1.54, 1.807) is 0 Å². The molecular formula is C14H23Cl3N2O3S. The van der Waals surface area contributed by atoms with E-state index in [-0.39, 0.29) is 39.3 Å². The molecule has 9 heteroatoms. The van der Waals surface area contributed by atoms with E-state index in [0.717, 1.165) is 0 Å². The van der Waals surface area contributed by atoms with Gasteiger partial charge in [-0.3, -0.25) is 0 Å². The first kappa shape index (κ1) is 22.8. The normalized spacial score (nSPS) is 13.1. The van der Waals surface area contributed by atoms with Gasteiger partial charge in [0.05, 0.1) is 17.2 Å². The van der Waals surface area contributed by atoms with Crippen LogP contribution in [0.25, 0.3) is 0 Å². The van der Waals surface area contributed by atoms with Gasteiger partial charge in [0.15, 0.2) is 0 Å². The third-order valence-electron chi connectivity index (χ3n) is 3.53. The van der Waals surface area contributed by atoms with E-state index in [0.29, 0.717) is 18.7 Å². The molecule has 0 aromatic heterocycles. The van der Waals surface area contributed by atoms with Crippen molar-refractivity contribution >= 4 is 45.6 Å². The maximum atomic E-state index is 12.6. The van der Waals surface area contributed by atoms with Gasteiger partial charge in [-0.2, -0.15) is 0 Å². The number of sulfonamides is 1. The Bertz CT molecular complexity index is 624. The van der Waals surface area contributed by atoms with Crippen LogP contribution in [0.15, 0.2) is 17.0 Å². The Balaban J connectivity index is 0.00000484. The molecule has 0 fully saturated rings. The number of benzene rings is 1. The van der Waals surface area contributed by atoms with Gasteiger partial charge in [-0.25, -0.2) is 12.7 Å². The second kappa shape index (κ2) is 9.30. The minimum atomic E-state index is -3.73. The average Bonchev–Trinajstić information content (AvgIpc) is 2.45. The lowest BCUT2D eigenvalue weighted by Gasteiger charge is -2.22. The Kier molecular flexibility index (Phi) is 9.20. The zero-order chi connectivity index (χ0) is 17.1. The molecule has 0 amide bonds. The SMILES string of the molecule is COc1cc(Cl)c(S(=O)(=O)N(C)CCC(N)C(C)C)cc1Cl.Cl. The predicted octanol–water partition coefficient (Wildman–Crippen LogP) is 3.42.